The largest absolute Gasteiger partial charge is 0.399 e. The first-order valence-corrected chi connectivity index (χ1v) is 7.14. The first-order valence-electron chi connectivity index (χ1n) is 4.94. The molecule has 0 aliphatic heterocycles. The normalized spacial score (nSPS) is 11.4. The SMILES string of the molecule is CCS(=O)(=O)CCNc1ccc(N)cc1Cl. The van der Waals surface area contributed by atoms with Crippen molar-refractivity contribution in [2.45, 2.75) is 6.92 Å². The van der Waals surface area contributed by atoms with Gasteiger partial charge in [-0.15, -0.1) is 0 Å². The van der Waals surface area contributed by atoms with Gasteiger partial charge in [-0.25, -0.2) is 8.42 Å². The third-order valence-corrected chi connectivity index (χ3v) is 4.18. The Morgan fingerprint density at radius 2 is 2.12 bits per heavy atom. The Labute approximate surface area is 101 Å². The second-order valence-electron chi connectivity index (χ2n) is 3.40. The molecule has 0 aromatic heterocycles. The quantitative estimate of drug-likeness (QED) is 0.794. The summed E-state index contributed by atoms with van der Waals surface area (Å²) in [6.07, 6.45) is 0. The lowest BCUT2D eigenvalue weighted by atomic mass is 10.3. The van der Waals surface area contributed by atoms with Crippen molar-refractivity contribution in [3.8, 4) is 0 Å². The highest BCUT2D eigenvalue weighted by atomic mass is 35.5. The topological polar surface area (TPSA) is 72.2 Å². The summed E-state index contributed by atoms with van der Waals surface area (Å²) in [5.74, 6) is 0.258. The summed E-state index contributed by atoms with van der Waals surface area (Å²) in [5.41, 5.74) is 6.82. The van der Waals surface area contributed by atoms with Crippen molar-refractivity contribution in [1.29, 1.82) is 0 Å². The van der Waals surface area contributed by atoms with Gasteiger partial charge in [-0.3, -0.25) is 0 Å². The average molecular weight is 263 g/mol. The summed E-state index contributed by atoms with van der Waals surface area (Å²) in [4.78, 5) is 0. The molecule has 1 rings (SSSR count). The molecule has 90 valence electrons. The first kappa shape index (κ1) is 13.1. The zero-order valence-electron chi connectivity index (χ0n) is 9.03. The molecule has 0 fully saturated rings. The molecule has 0 unspecified atom stereocenters. The molecule has 0 aliphatic carbocycles. The molecule has 0 aliphatic rings. The lowest BCUT2D eigenvalue weighted by Crippen LogP contribution is -2.17. The van der Waals surface area contributed by atoms with Gasteiger partial charge in [0.2, 0.25) is 0 Å². The van der Waals surface area contributed by atoms with Crippen LogP contribution in [0.1, 0.15) is 6.92 Å². The molecule has 3 N–H and O–H groups in total. The van der Waals surface area contributed by atoms with Crippen molar-refractivity contribution in [2.75, 3.05) is 29.1 Å². The van der Waals surface area contributed by atoms with Gasteiger partial charge in [0.05, 0.1) is 16.5 Å². The van der Waals surface area contributed by atoms with E-state index in [1.807, 2.05) is 0 Å². The maximum atomic E-state index is 11.2. The molecule has 16 heavy (non-hydrogen) atoms. The highest BCUT2D eigenvalue weighted by Crippen LogP contribution is 2.23. The summed E-state index contributed by atoms with van der Waals surface area (Å²) in [6.45, 7) is 1.98. The molecule has 0 radical (unpaired) electrons. The minimum Gasteiger partial charge on any atom is -0.399 e. The zero-order chi connectivity index (χ0) is 12.2. The molecule has 1 aromatic rings. The molecule has 6 heteroatoms. The maximum Gasteiger partial charge on any atom is 0.151 e. The number of hydrogen-bond donors (Lipinski definition) is 2. The second-order valence-corrected chi connectivity index (χ2v) is 6.28. The number of hydrogen-bond acceptors (Lipinski definition) is 4. The van der Waals surface area contributed by atoms with Gasteiger partial charge in [0.15, 0.2) is 9.84 Å². The van der Waals surface area contributed by atoms with Crippen molar-refractivity contribution in [2.24, 2.45) is 0 Å². The van der Waals surface area contributed by atoms with E-state index < -0.39 is 9.84 Å². The predicted octanol–water partition coefficient (Wildman–Crippen LogP) is 1.77. The van der Waals surface area contributed by atoms with Gasteiger partial charge in [-0.1, -0.05) is 18.5 Å². The van der Waals surface area contributed by atoms with Crippen LogP contribution in [-0.4, -0.2) is 26.5 Å². The van der Waals surface area contributed by atoms with E-state index in [0.717, 1.165) is 0 Å². The van der Waals surface area contributed by atoms with Crippen LogP contribution in [0.3, 0.4) is 0 Å². The highest BCUT2D eigenvalue weighted by Gasteiger charge is 2.07. The monoisotopic (exact) mass is 262 g/mol. The van der Waals surface area contributed by atoms with Gasteiger partial charge >= 0.3 is 0 Å². The average Bonchev–Trinajstić information content (AvgIpc) is 2.21. The summed E-state index contributed by atoms with van der Waals surface area (Å²) in [7, 11) is -2.94. The standard InChI is InChI=1S/C10H15ClN2O2S/c1-2-16(14,15)6-5-13-10-4-3-8(12)7-9(10)11/h3-4,7,13H,2,5-6,12H2,1H3. The molecule has 4 nitrogen and oxygen atoms in total. The lowest BCUT2D eigenvalue weighted by Gasteiger charge is -2.08. The Balaban J connectivity index is 2.56. The highest BCUT2D eigenvalue weighted by molar-refractivity contribution is 7.91. The van der Waals surface area contributed by atoms with E-state index in [-0.39, 0.29) is 11.5 Å². The van der Waals surface area contributed by atoms with Crippen LogP contribution in [0.5, 0.6) is 0 Å². The third kappa shape index (κ3) is 3.90. The lowest BCUT2D eigenvalue weighted by molar-refractivity contribution is 0.597. The van der Waals surface area contributed by atoms with Gasteiger partial charge in [0, 0.05) is 18.0 Å². The number of halogens is 1. The molecule has 1 aromatic carbocycles. The van der Waals surface area contributed by atoms with Gasteiger partial charge in [-0.05, 0) is 18.2 Å². The van der Waals surface area contributed by atoms with Crippen molar-refractivity contribution >= 4 is 32.8 Å². The third-order valence-electron chi connectivity index (χ3n) is 2.16. The Hall–Kier alpha value is -0.940. The fourth-order valence-corrected chi connectivity index (χ4v) is 2.12. The summed E-state index contributed by atoms with van der Waals surface area (Å²) < 4.78 is 22.5. The molecule has 0 spiro atoms. The second kappa shape index (κ2) is 5.41. The van der Waals surface area contributed by atoms with Crippen molar-refractivity contribution < 1.29 is 8.42 Å². The van der Waals surface area contributed by atoms with E-state index in [1.165, 1.54) is 0 Å². The number of anilines is 2. The molecule has 0 heterocycles. The number of sulfone groups is 1. The zero-order valence-corrected chi connectivity index (χ0v) is 10.6. The number of nitrogens with one attached hydrogen (secondary N) is 1. The Kier molecular flexibility index (Phi) is 4.44. The van der Waals surface area contributed by atoms with E-state index in [1.54, 1.807) is 25.1 Å². The van der Waals surface area contributed by atoms with Crippen LogP contribution >= 0.6 is 11.6 Å². The van der Waals surface area contributed by atoms with Crippen LogP contribution in [0.25, 0.3) is 0 Å². The predicted molar refractivity (Wildman–Crippen MR) is 68.7 cm³/mol. The van der Waals surface area contributed by atoms with Crippen molar-refractivity contribution in [1.82, 2.24) is 0 Å². The molecule has 0 saturated heterocycles. The fourth-order valence-electron chi connectivity index (χ4n) is 1.16. The van der Waals surface area contributed by atoms with E-state index >= 15 is 0 Å². The molecule has 0 bridgehead atoms. The van der Waals surface area contributed by atoms with Gasteiger partial charge in [0.25, 0.3) is 0 Å². The number of rotatable bonds is 5. The van der Waals surface area contributed by atoms with Crippen molar-refractivity contribution in [3.63, 3.8) is 0 Å². The van der Waals surface area contributed by atoms with Crippen LogP contribution in [0.4, 0.5) is 11.4 Å². The summed E-state index contributed by atoms with van der Waals surface area (Å²) in [6, 6.07) is 5.07. The fraction of sp³-hybridized carbons (Fsp3) is 0.400. The summed E-state index contributed by atoms with van der Waals surface area (Å²) in [5, 5.41) is 3.46. The van der Waals surface area contributed by atoms with E-state index in [2.05, 4.69) is 5.32 Å². The molecule has 0 amide bonds. The van der Waals surface area contributed by atoms with Gasteiger partial charge < -0.3 is 11.1 Å². The van der Waals surface area contributed by atoms with Crippen LogP contribution in [0.15, 0.2) is 18.2 Å². The Morgan fingerprint density at radius 3 is 2.69 bits per heavy atom. The number of nitrogen functional groups attached to an aromatic ring is 1. The molecular formula is C10H15ClN2O2S. The van der Waals surface area contributed by atoms with Crippen LogP contribution in [-0.2, 0) is 9.84 Å². The molecule has 0 saturated carbocycles. The minimum atomic E-state index is -2.94. The minimum absolute atomic E-state index is 0.101. The molecular weight excluding hydrogens is 248 g/mol. The molecule has 0 atom stereocenters. The van der Waals surface area contributed by atoms with E-state index in [0.29, 0.717) is 22.9 Å². The summed E-state index contributed by atoms with van der Waals surface area (Å²) >= 11 is 5.92. The van der Waals surface area contributed by atoms with Crippen LogP contribution < -0.4 is 11.1 Å². The smallest absolute Gasteiger partial charge is 0.151 e. The van der Waals surface area contributed by atoms with Crippen LogP contribution in [0, 0.1) is 0 Å². The number of benzene rings is 1. The Morgan fingerprint density at radius 1 is 1.44 bits per heavy atom. The van der Waals surface area contributed by atoms with E-state index in [9.17, 15) is 8.42 Å². The Bertz CT molecular complexity index is 460. The van der Waals surface area contributed by atoms with Crippen LogP contribution in [0.2, 0.25) is 5.02 Å². The van der Waals surface area contributed by atoms with Gasteiger partial charge in [0.1, 0.15) is 0 Å². The first-order chi connectivity index (χ1) is 7.44. The maximum absolute atomic E-state index is 11.2. The van der Waals surface area contributed by atoms with Crippen molar-refractivity contribution in [3.05, 3.63) is 23.2 Å². The van der Waals surface area contributed by atoms with Gasteiger partial charge in [-0.2, -0.15) is 0 Å². The number of nitrogens with two attached hydrogens (primary N) is 1. The van der Waals surface area contributed by atoms with E-state index in [4.69, 9.17) is 17.3 Å².